The molecule has 0 atom stereocenters. The normalized spacial score (nSPS) is 11.2. The van der Waals surface area contributed by atoms with Crippen LogP contribution in [0, 0.1) is 5.92 Å². The highest BCUT2D eigenvalue weighted by Gasteiger charge is 2.06. The van der Waals surface area contributed by atoms with Gasteiger partial charge in [0.25, 0.3) is 0 Å². The van der Waals surface area contributed by atoms with Crippen LogP contribution in [0.4, 0.5) is 0 Å². The van der Waals surface area contributed by atoms with E-state index in [1.807, 2.05) is 12.1 Å². The van der Waals surface area contributed by atoms with Crippen LogP contribution in [-0.4, -0.2) is 12.1 Å². The lowest BCUT2D eigenvalue weighted by Gasteiger charge is -2.03. The molecule has 0 fully saturated rings. The number of hydrogen-bond donors (Lipinski definition) is 1. The second kappa shape index (κ2) is 3.97. The second-order valence-electron chi connectivity index (χ2n) is 4.32. The molecule has 1 heterocycles. The number of nitrogens with one attached hydrogen (secondary N) is 1. The van der Waals surface area contributed by atoms with Crippen molar-refractivity contribution in [3.05, 3.63) is 30.0 Å². The van der Waals surface area contributed by atoms with Crippen LogP contribution in [0.5, 0.6) is 5.75 Å². The van der Waals surface area contributed by atoms with Gasteiger partial charge in [-0.1, -0.05) is 13.8 Å². The lowest BCUT2D eigenvalue weighted by Crippen LogP contribution is -1.92. The van der Waals surface area contributed by atoms with Gasteiger partial charge in [0.2, 0.25) is 0 Å². The van der Waals surface area contributed by atoms with Crippen LogP contribution in [0.25, 0.3) is 10.9 Å². The van der Waals surface area contributed by atoms with Crippen LogP contribution in [-0.2, 0) is 6.42 Å². The number of methoxy groups -OCH3 is 1. The highest BCUT2D eigenvalue weighted by molar-refractivity contribution is 5.84. The van der Waals surface area contributed by atoms with E-state index in [-0.39, 0.29) is 0 Å². The highest BCUT2D eigenvalue weighted by atomic mass is 16.5. The first-order valence-corrected chi connectivity index (χ1v) is 5.34. The fourth-order valence-electron chi connectivity index (χ4n) is 1.90. The average molecular weight is 203 g/mol. The lowest BCUT2D eigenvalue weighted by atomic mass is 10.0. The Kier molecular flexibility index (Phi) is 2.67. The van der Waals surface area contributed by atoms with Crippen molar-refractivity contribution in [1.82, 2.24) is 4.98 Å². The molecule has 2 heteroatoms. The molecule has 0 aliphatic heterocycles. The van der Waals surface area contributed by atoms with E-state index in [0.29, 0.717) is 5.92 Å². The largest absolute Gasteiger partial charge is 0.497 e. The van der Waals surface area contributed by atoms with Gasteiger partial charge in [-0.05, 0) is 30.0 Å². The van der Waals surface area contributed by atoms with E-state index in [2.05, 4.69) is 31.1 Å². The van der Waals surface area contributed by atoms with Gasteiger partial charge in [-0.25, -0.2) is 0 Å². The molecule has 0 aliphatic rings. The molecule has 0 bridgehead atoms. The number of benzene rings is 1. The molecule has 0 amide bonds. The quantitative estimate of drug-likeness (QED) is 0.812. The predicted molar refractivity (Wildman–Crippen MR) is 63.4 cm³/mol. The molecule has 1 aromatic carbocycles. The Morgan fingerprint density at radius 3 is 2.80 bits per heavy atom. The van der Waals surface area contributed by atoms with Gasteiger partial charge in [-0.3, -0.25) is 0 Å². The highest BCUT2D eigenvalue weighted by Crippen LogP contribution is 2.24. The number of hydrogen-bond acceptors (Lipinski definition) is 1. The number of ether oxygens (including phenoxy) is 1. The molecule has 2 rings (SSSR count). The third kappa shape index (κ3) is 1.99. The summed E-state index contributed by atoms with van der Waals surface area (Å²) in [5.41, 5.74) is 2.55. The lowest BCUT2D eigenvalue weighted by molar-refractivity contribution is 0.415. The van der Waals surface area contributed by atoms with Crippen LogP contribution in [0.1, 0.15) is 19.4 Å². The van der Waals surface area contributed by atoms with Crippen LogP contribution in [0.15, 0.2) is 24.4 Å². The van der Waals surface area contributed by atoms with Crippen molar-refractivity contribution in [2.24, 2.45) is 5.92 Å². The van der Waals surface area contributed by atoms with Crippen molar-refractivity contribution in [2.75, 3.05) is 7.11 Å². The molecule has 2 aromatic rings. The molecule has 0 spiro atoms. The van der Waals surface area contributed by atoms with Gasteiger partial charge in [0.1, 0.15) is 5.75 Å². The summed E-state index contributed by atoms with van der Waals surface area (Å²) >= 11 is 0. The number of rotatable bonds is 3. The Hall–Kier alpha value is -1.44. The van der Waals surface area contributed by atoms with Crippen molar-refractivity contribution in [3.63, 3.8) is 0 Å². The average Bonchev–Trinajstić information content (AvgIpc) is 2.60. The van der Waals surface area contributed by atoms with Gasteiger partial charge in [0, 0.05) is 23.2 Å². The van der Waals surface area contributed by atoms with Gasteiger partial charge >= 0.3 is 0 Å². The second-order valence-corrected chi connectivity index (χ2v) is 4.32. The number of aromatic nitrogens is 1. The van der Waals surface area contributed by atoms with Gasteiger partial charge in [-0.2, -0.15) is 0 Å². The van der Waals surface area contributed by atoms with Crippen LogP contribution >= 0.6 is 0 Å². The Morgan fingerprint density at radius 2 is 2.13 bits per heavy atom. The van der Waals surface area contributed by atoms with Gasteiger partial charge in [-0.15, -0.1) is 0 Å². The van der Waals surface area contributed by atoms with E-state index in [1.165, 1.54) is 10.9 Å². The third-order valence-electron chi connectivity index (χ3n) is 2.60. The van der Waals surface area contributed by atoms with Crippen molar-refractivity contribution in [3.8, 4) is 5.75 Å². The molecule has 0 aliphatic carbocycles. The zero-order valence-electron chi connectivity index (χ0n) is 9.50. The first kappa shape index (κ1) is 10.1. The number of fused-ring (bicyclic) bond motifs is 1. The van der Waals surface area contributed by atoms with Gasteiger partial charge < -0.3 is 9.72 Å². The van der Waals surface area contributed by atoms with Crippen LogP contribution < -0.4 is 4.74 Å². The summed E-state index contributed by atoms with van der Waals surface area (Å²) in [5, 5.41) is 1.31. The van der Waals surface area contributed by atoms with E-state index in [0.717, 1.165) is 17.7 Å². The van der Waals surface area contributed by atoms with Crippen molar-refractivity contribution < 1.29 is 4.74 Å². The Morgan fingerprint density at radius 1 is 1.33 bits per heavy atom. The Balaban J connectivity index is 2.43. The maximum Gasteiger partial charge on any atom is 0.120 e. The molecule has 0 unspecified atom stereocenters. The number of H-pyrrole nitrogens is 1. The minimum Gasteiger partial charge on any atom is -0.497 e. The summed E-state index contributed by atoms with van der Waals surface area (Å²) in [4.78, 5) is 3.29. The fourth-order valence-corrected chi connectivity index (χ4v) is 1.90. The summed E-state index contributed by atoms with van der Waals surface area (Å²) < 4.78 is 5.19. The van der Waals surface area contributed by atoms with Gasteiger partial charge in [0.05, 0.1) is 7.11 Å². The van der Waals surface area contributed by atoms with Crippen molar-refractivity contribution in [2.45, 2.75) is 20.3 Å². The van der Waals surface area contributed by atoms with Crippen LogP contribution in [0.3, 0.4) is 0 Å². The minimum absolute atomic E-state index is 0.686. The molecule has 0 saturated heterocycles. The summed E-state index contributed by atoms with van der Waals surface area (Å²) in [6, 6.07) is 6.18. The van der Waals surface area contributed by atoms with Crippen LogP contribution in [0.2, 0.25) is 0 Å². The third-order valence-corrected chi connectivity index (χ3v) is 2.60. The molecule has 1 aromatic heterocycles. The van der Waals surface area contributed by atoms with E-state index >= 15 is 0 Å². The van der Waals surface area contributed by atoms with E-state index in [1.54, 1.807) is 7.11 Å². The number of aromatic amines is 1. The molecular formula is C13H17NO. The SMILES string of the molecule is COc1ccc2c(CC(C)C)c[nH]c2c1. The Bertz CT molecular complexity index is 457. The molecule has 15 heavy (non-hydrogen) atoms. The zero-order valence-corrected chi connectivity index (χ0v) is 9.50. The first-order valence-electron chi connectivity index (χ1n) is 5.34. The molecule has 2 nitrogen and oxygen atoms in total. The fraction of sp³-hybridized carbons (Fsp3) is 0.385. The molecule has 0 saturated carbocycles. The molecule has 80 valence electrons. The van der Waals surface area contributed by atoms with E-state index < -0.39 is 0 Å². The maximum atomic E-state index is 5.19. The monoisotopic (exact) mass is 203 g/mol. The Labute approximate surface area is 90.3 Å². The van der Waals surface area contributed by atoms with Crippen molar-refractivity contribution >= 4 is 10.9 Å². The standard InChI is InChI=1S/C13H17NO/c1-9(2)6-10-8-14-13-7-11(15-3)4-5-12(10)13/h4-5,7-9,14H,6H2,1-3H3. The molecule has 1 N–H and O–H groups in total. The predicted octanol–water partition coefficient (Wildman–Crippen LogP) is 3.38. The summed E-state index contributed by atoms with van der Waals surface area (Å²) in [6.07, 6.45) is 3.22. The van der Waals surface area contributed by atoms with Crippen molar-refractivity contribution in [1.29, 1.82) is 0 Å². The molecular weight excluding hydrogens is 186 g/mol. The summed E-state index contributed by atoms with van der Waals surface area (Å²) in [5.74, 6) is 1.59. The maximum absolute atomic E-state index is 5.19. The van der Waals surface area contributed by atoms with E-state index in [4.69, 9.17) is 4.74 Å². The van der Waals surface area contributed by atoms with Gasteiger partial charge in [0.15, 0.2) is 0 Å². The molecule has 0 radical (unpaired) electrons. The smallest absolute Gasteiger partial charge is 0.120 e. The first-order chi connectivity index (χ1) is 7.20. The van der Waals surface area contributed by atoms with E-state index in [9.17, 15) is 0 Å². The minimum atomic E-state index is 0.686. The summed E-state index contributed by atoms with van der Waals surface area (Å²) in [6.45, 7) is 4.48. The summed E-state index contributed by atoms with van der Waals surface area (Å²) in [7, 11) is 1.69. The zero-order chi connectivity index (χ0) is 10.8. The topological polar surface area (TPSA) is 25.0 Å².